The van der Waals surface area contributed by atoms with Crippen molar-refractivity contribution in [1.82, 2.24) is 5.32 Å². The van der Waals surface area contributed by atoms with Gasteiger partial charge in [-0.15, -0.1) is 0 Å². The second-order valence-electron chi connectivity index (χ2n) is 5.82. The average Bonchev–Trinajstić information content (AvgIpc) is 2.71. The number of hydrogen-bond donors (Lipinski definition) is 2. The number of nitrogens with zero attached hydrogens (tertiary/aromatic N) is 1. The highest BCUT2D eigenvalue weighted by Crippen LogP contribution is 2.20. The van der Waals surface area contributed by atoms with Gasteiger partial charge < -0.3 is 10.4 Å². The molecule has 0 fully saturated rings. The number of para-hydroxylation sites is 1. The first-order valence-corrected chi connectivity index (χ1v) is 8.43. The van der Waals surface area contributed by atoms with Crippen LogP contribution in [0.2, 0.25) is 0 Å². The molecule has 0 aliphatic carbocycles. The van der Waals surface area contributed by atoms with E-state index < -0.39 is 5.97 Å². The summed E-state index contributed by atoms with van der Waals surface area (Å²) in [6.45, 7) is 0.377. The van der Waals surface area contributed by atoms with E-state index in [-0.39, 0.29) is 11.6 Å². The number of nitrogens with one attached hydrogen (secondary N) is 1. The maximum atomic E-state index is 12.6. The van der Waals surface area contributed by atoms with E-state index in [1.807, 2.05) is 30.3 Å². The van der Waals surface area contributed by atoms with Gasteiger partial charge in [-0.05, 0) is 17.7 Å². The Morgan fingerprint density at radius 2 is 1.41 bits per heavy atom. The lowest BCUT2D eigenvalue weighted by atomic mass is 10.1. The Balaban J connectivity index is 1.88. The van der Waals surface area contributed by atoms with Crippen molar-refractivity contribution in [2.75, 3.05) is 0 Å². The second-order valence-corrected chi connectivity index (χ2v) is 5.82. The third-order valence-electron chi connectivity index (χ3n) is 3.93. The van der Waals surface area contributed by atoms with Crippen LogP contribution in [0.15, 0.2) is 89.9 Å². The minimum Gasteiger partial charge on any atom is -0.476 e. The van der Waals surface area contributed by atoms with Crippen LogP contribution in [0.3, 0.4) is 0 Å². The molecule has 3 aromatic carbocycles. The predicted molar refractivity (Wildman–Crippen MR) is 104 cm³/mol. The van der Waals surface area contributed by atoms with E-state index in [2.05, 4.69) is 10.3 Å². The van der Waals surface area contributed by atoms with Crippen molar-refractivity contribution in [2.45, 2.75) is 6.54 Å². The molecule has 0 saturated carbocycles. The lowest BCUT2D eigenvalue weighted by molar-refractivity contribution is -0.129. The fraction of sp³-hybridized carbons (Fsp3) is 0.0455. The number of carboxylic acid groups (broad SMARTS) is 1. The summed E-state index contributed by atoms with van der Waals surface area (Å²) in [6.07, 6.45) is 0. The summed E-state index contributed by atoms with van der Waals surface area (Å²) in [7, 11) is 0. The van der Waals surface area contributed by atoms with Gasteiger partial charge in [-0.3, -0.25) is 4.79 Å². The van der Waals surface area contributed by atoms with Crippen LogP contribution in [0.1, 0.15) is 21.5 Å². The first-order chi connectivity index (χ1) is 13.1. The topological polar surface area (TPSA) is 78.8 Å². The van der Waals surface area contributed by atoms with Gasteiger partial charge in [0.2, 0.25) is 0 Å². The summed E-state index contributed by atoms with van der Waals surface area (Å²) >= 11 is 0. The lowest BCUT2D eigenvalue weighted by Crippen LogP contribution is -2.23. The number of rotatable bonds is 6. The van der Waals surface area contributed by atoms with E-state index in [0.717, 1.165) is 5.56 Å². The third-order valence-corrected chi connectivity index (χ3v) is 3.93. The molecule has 0 heterocycles. The van der Waals surface area contributed by atoms with Crippen LogP contribution in [0.5, 0.6) is 0 Å². The Hall–Kier alpha value is -3.73. The van der Waals surface area contributed by atoms with Gasteiger partial charge >= 0.3 is 5.97 Å². The Morgan fingerprint density at radius 3 is 2.07 bits per heavy atom. The molecule has 2 N–H and O–H groups in total. The monoisotopic (exact) mass is 358 g/mol. The minimum absolute atomic E-state index is 0.112. The van der Waals surface area contributed by atoms with Crippen molar-refractivity contribution >= 4 is 23.3 Å². The van der Waals surface area contributed by atoms with Crippen molar-refractivity contribution < 1.29 is 14.7 Å². The van der Waals surface area contributed by atoms with Gasteiger partial charge in [-0.1, -0.05) is 72.8 Å². The highest BCUT2D eigenvalue weighted by Gasteiger charge is 2.16. The molecule has 0 aromatic heterocycles. The van der Waals surface area contributed by atoms with E-state index in [0.29, 0.717) is 23.4 Å². The van der Waals surface area contributed by atoms with Crippen molar-refractivity contribution in [3.8, 4) is 0 Å². The Bertz CT molecular complexity index is 967. The number of amides is 1. The molecule has 0 bridgehead atoms. The standard InChI is InChI=1S/C22H18N2O3/c25-21(23-15-16-9-3-1-4-10-16)18-13-7-8-14-19(18)24-20(22(26)27)17-11-5-2-6-12-17/h1-14H,15H2,(H,23,25)(H,26,27). The van der Waals surface area contributed by atoms with Crippen LogP contribution in [0, 0.1) is 0 Å². The zero-order valence-electron chi connectivity index (χ0n) is 14.5. The fourth-order valence-corrected chi connectivity index (χ4v) is 2.59. The molecule has 0 aliphatic rings. The SMILES string of the molecule is O=C(O)C(=Nc1ccccc1C(=O)NCc1ccccc1)c1ccccc1. The quantitative estimate of drug-likeness (QED) is 0.658. The van der Waals surface area contributed by atoms with Crippen LogP contribution >= 0.6 is 0 Å². The van der Waals surface area contributed by atoms with Gasteiger partial charge in [0.15, 0.2) is 5.71 Å². The van der Waals surface area contributed by atoms with E-state index in [9.17, 15) is 14.7 Å². The normalized spacial score (nSPS) is 11.0. The molecule has 0 radical (unpaired) electrons. The smallest absolute Gasteiger partial charge is 0.355 e. The Morgan fingerprint density at radius 1 is 0.815 bits per heavy atom. The Kier molecular flexibility index (Phi) is 5.74. The Labute approximate surface area is 157 Å². The summed E-state index contributed by atoms with van der Waals surface area (Å²) < 4.78 is 0. The largest absolute Gasteiger partial charge is 0.476 e. The summed E-state index contributed by atoms with van der Waals surface area (Å²) in [5.74, 6) is -1.46. The minimum atomic E-state index is -1.15. The van der Waals surface area contributed by atoms with Crippen LogP contribution in [-0.4, -0.2) is 22.7 Å². The molecule has 134 valence electrons. The summed E-state index contributed by atoms with van der Waals surface area (Å²) in [4.78, 5) is 28.5. The van der Waals surface area contributed by atoms with Crippen molar-refractivity contribution in [2.24, 2.45) is 4.99 Å². The highest BCUT2D eigenvalue weighted by atomic mass is 16.4. The number of benzene rings is 3. The van der Waals surface area contributed by atoms with E-state index in [1.165, 1.54) is 0 Å². The zero-order chi connectivity index (χ0) is 19.1. The number of carbonyl (C=O) groups excluding carboxylic acids is 1. The molecule has 0 atom stereocenters. The second kappa shape index (κ2) is 8.58. The predicted octanol–water partition coefficient (Wildman–Crippen LogP) is 3.82. The van der Waals surface area contributed by atoms with E-state index >= 15 is 0 Å². The molecular weight excluding hydrogens is 340 g/mol. The molecule has 0 aliphatic heterocycles. The van der Waals surface area contributed by atoms with Gasteiger partial charge in [-0.25, -0.2) is 9.79 Å². The van der Waals surface area contributed by atoms with Gasteiger partial charge in [0.1, 0.15) is 0 Å². The number of carbonyl (C=O) groups is 2. The molecule has 0 unspecified atom stereocenters. The van der Waals surface area contributed by atoms with Gasteiger partial charge in [-0.2, -0.15) is 0 Å². The summed E-state index contributed by atoms with van der Waals surface area (Å²) in [5.41, 5.74) is 1.97. The first-order valence-electron chi connectivity index (χ1n) is 8.43. The zero-order valence-corrected chi connectivity index (χ0v) is 14.5. The van der Waals surface area contributed by atoms with Crippen LogP contribution in [0.25, 0.3) is 0 Å². The summed E-state index contributed by atoms with van der Waals surface area (Å²) in [6, 6.07) is 24.9. The average molecular weight is 358 g/mol. The third kappa shape index (κ3) is 4.67. The number of aliphatic carboxylic acids is 1. The number of aliphatic imine (C=N–C) groups is 1. The van der Waals surface area contributed by atoms with Crippen molar-refractivity contribution in [3.63, 3.8) is 0 Å². The molecule has 5 heteroatoms. The molecule has 0 saturated heterocycles. The van der Waals surface area contributed by atoms with Crippen LogP contribution in [-0.2, 0) is 11.3 Å². The maximum absolute atomic E-state index is 12.6. The number of carboxylic acids is 1. The van der Waals surface area contributed by atoms with Crippen LogP contribution < -0.4 is 5.32 Å². The van der Waals surface area contributed by atoms with E-state index in [4.69, 9.17) is 0 Å². The fourth-order valence-electron chi connectivity index (χ4n) is 2.59. The molecule has 3 aromatic rings. The number of hydrogen-bond acceptors (Lipinski definition) is 3. The molecule has 3 rings (SSSR count). The molecule has 27 heavy (non-hydrogen) atoms. The highest BCUT2D eigenvalue weighted by molar-refractivity contribution is 6.43. The van der Waals surface area contributed by atoms with Crippen molar-refractivity contribution in [1.29, 1.82) is 0 Å². The molecular formula is C22H18N2O3. The molecule has 0 spiro atoms. The first kappa shape index (κ1) is 18.1. The summed E-state index contributed by atoms with van der Waals surface area (Å²) in [5, 5.41) is 12.4. The van der Waals surface area contributed by atoms with Gasteiger partial charge in [0, 0.05) is 12.1 Å². The van der Waals surface area contributed by atoms with Crippen LogP contribution in [0.4, 0.5) is 5.69 Å². The van der Waals surface area contributed by atoms with Gasteiger partial charge in [0.05, 0.1) is 11.3 Å². The maximum Gasteiger partial charge on any atom is 0.355 e. The molecule has 1 amide bonds. The van der Waals surface area contributed by atoms with Gasteiger partial charge in [0.25, 0.3) is 5.91 Å². The van der Waals surface area contributed by atoms with E-state index in [1.54, 1.807) is 54.6 Å². The lowest BCUT2D eigenvalue weighted by Gasteiger charge is -2.09. The molecule has 5 nitrogen and oxygen atoms in total. The van der Waals surface area contributed by atoms with Crippen molar-refractivity contribution in [3.05, 3.63) is 102 Å².